The molecule has 0 N–H and O–H groups in total. The summed E-state index contributed by atoms with van der Waals surface area (Å²) < 4.78 is 0. The van der Waals surface area contributed by atoms with Crippen LogP contribution in [0.25, 0.3) is 0 Å². The summed E-state index contributed by atoms with van der Waals surface area (Å²) in [6.45, 7) is 12.5. The zero-order valence-electron chi connectivity index (χ0n) is 10.6. The van der Waals surface area contributed by atoms with Crippen LogP contribution in [-0.2, 0) is 0 Å². The Hall–Kier alpha value is -0.500. The molecule has 0 aromatic carbocycles. The highest BCUT2D eigenvalue weighted by Gasteiger charge is 2.03. The van der Waals surface area contributed by atoms with Crippen LogP contribution in [0.4, 0.5) is 0 Å². The van der Waals surface area contributed by atoms with Gasteiger partial charge >= 0.3 is 0 Å². The summed E-state index contributed by atoms with van der Waals surface area (Å²) in [5.74, 6) is 1.64. The van der Waals surface area contributed by atoms with E-state index in [0.717, 1.165) is 36.6 Å². The van der Waals surface area contributed by atoms with Crippen molar-refractivity contribution < 1.29 is 0 Å². The summed E-state index contributed by atoms with van der Waals surface area (Å²) in [7, 11) is 0. The van der Waals surface area contributed by atoms with Crippen LogP contribution in [0.1, 0.15) is 41.0 Å². The molecule has 2 nitrogen and oxygen atoms in total. The maximum absolute atomic E-state index is 5.76. The van der Waals surface area contributed by atoms with Crippen molar-refractivity contribution in [3.63, 3.8) is 0 Å². The first-order valence-corrected chi connectivity index (χ1v) is 6.12. The minimum absolute atomic E-state index is 0.558. The molecule has 0 aliphatic carbocycles. The van der Waals surface area contributed by atoms with Gasteiger partial charge < -0.3 is 4.90 Å². The minimum Gasteiger partial charge on any atom is -0.361 e. The molecule has 0 atom stereocenters. The maximum atomic E-state index is 5.76. The van der Waals surface area contributed by atoms with Gasteiger partial charge in [0.05, 0.1) is 0 Å². The van der Waals surface area contributed by atoms with Gasteiger partial charge in [-0.15, -0.1) is 11.6 Å². The highest BCUT2D eigenvalue weighted by atomic mass is 35.5. The molecule has 0 radical (unpaired) electrons. The fourth-order valence-electron chi connectivity index (χ4n) is 1.32. The largest absolute Gasteiger partial charge is 0.361 e. The van der Waals surface area contributed by atoms with Crippen molar-refractivity contribution in [3.8, 4) is 0 Å². The monoisotopic (exact) mass is 230 g/mol. The van der Waals surface area contributed by atoms with E-state index < -0.39 is 0 Å². The normalized spacial score (nSPS) is 13.9. The van der Waals surface area contributed by atoms with Crippen LogP contribution >= 0.6 is 11.6 Å². The van der Waals surface area contributed by atoms with Crippen molar-refractivity contribution in [2.45, 2.75) is 41.0 Å². The number of halogens is 1. The first-order chi connectivity index (χ1) is 7.06. The molecule has 0 fully saturated rings. The molecule has 0 spiro atoms. The van der Waals surface area contributed by atoms with Gasteiger partial charge in [0.1, 0.15) is 5.84 Å². The average molecular weight is 231 g/mol. The number of rotatable bonds is 5. The van der Waals surface area contributed by atoms with Crippen LogP contribution in [0.15, 0.2) is 16.3 Å². The van der Waals surface area contributed by atoms with Crippen molar-refractivity contribution in [1.82, 2.24) is 4.90 Å². The van der Waals surface area contributed by atoms with Gasteiger partial charge in [-0.25, -0.2) is 4.99 Å². The fraction of sp³-hybridized carbons (Fsp3) is 0.750. The lowest BCUT2D eigenvalue weighted by Gasteiger charge is -2.21. The van der Waals surface area contributed by atoms with E-state index in [1.807, 2.05) is 13.8 Å². The van der Waals surface area contributed by atoms with Crippen LogP contribution in [0.3, 0.4) is 0 Å². The highest BCUT2D eigenvalue weighted by Crippen LogP contribution is 2.08. The van der Waals surface area contributed by atoms with E-state index in [2.05, 4.69) is 30.7 Å². The number of amidine groups is 1. The van der Waals surface area contributed by atoms with E-state index in [-0.39, 0.29) is 0 Å². The summed E-state index contributed by atoms with van der Waals surface area (Å²) in [5.41, 5.74) is 2.18. The van der Waals surface area contributed by atoms with Crippen LogP contribution in [0, 0.1) is 0 Å². The van der Waals surface area contributed by atoms with E-state index >= 15 is 0 Å². The Morgan fingerprint density at radius 3 is 2.20 bits per heavy atom. The second kappa shape index (κ2) is 7.75. The second-order valence-corrected chi connectivity index (χ2v) is 4.01. The third-order valence-electron chi connectivity index (χ3n) is 2.48. The van der Waals surface area contributed by atoms with Crippen molar-refractivity contribution in [2.24, 2.45) is 4.99 Å². The number of aliphatic imine (C=N–C) groups is 1. The Bertz CT molecular complexity index is 244. The summed E-state index contributed by atoms with van der Waals surface area (Å²) in [6.07, 6.45) is 1.15. The molecule has 0 aromatic rings. The minimum atomic E-state index is 0.558. The number of alkyl halides is 1. The summed E-state index contributed by atoms with van der Waals surface area (Å²) in [5, 5.41) is 0. The lowest BCUT2D eigenvalue weighted by atomic mass is 10.3. The SMILES string of the molecule is CCCN(CC)C(C)=NC(C)=C(C)CCl. The number of allylic oxidation sites excluding steroid dienone is 2. The van der Waals surface area contributed by atoms with Crippen molar-refractivity contribution in [3.05, 3.63) is 11.3 Å². The molecular weight excluding hydrogens is 208 g/mol. The zero-order valence-corrected chi connectivity index (χ0v) is 11.4. The predicted octanol–water partition coefficient (Wildman–Crippen LogP) is 3.67. The molecule has 0 bridgehead atoms. The van der Waals surface area contributed by atoms with Gasteiger partial charge in [0.25, 0.3) is 0 Å². The van der Waals surface area contributed by atoms with Crippen LogP contribution in [0.5, 0.6) is 0 Å². The van der Waals surface area contributed by atoms with Gasteiger partial charge in [-0.2, -0.15) is 0 Å². The molecule has 0 rings (SSSR count). The van der Waals surface area contributed by atoms with E-state index in [4.69, 9.17) is 11.6 Å². The zero-order chi connectivity index (χ0) is 11.8. The molecule has 0 amide bonds. The molecule has 0 aliphatic rings. The average Bonchev–Trinajstić information content (AvgIpc) is 2.24. The second-order valence-electron chi connectivity index (χ2n) is 3.74. The molecule has 0 aliphatic heterocycles. The maximum Gasteiger partial charge on any atom is 0.101 e. The molecule has 0 heterocycles. The number of hydrogen-bond donors (Lipinski definition) is 0. The van der Waals surface area contributed by atoms with Crippen LogP contribution < -0.4 is 0 Å². The quantitative estimate of drug-likeness (QED) is 0.400. The lowest BCUT2D eigenvalue weighted by molar-refractivity contribution is 0.436. The van der Waals surface area contributed by atoms with E-state index in [9.17, 15) is 0 Å². The fourth-order valence-corrected chi connectivity index (χ4v) is 1.52. The van der Waals surface area contributed by atoms with E-state index in [1.54, 1.807) is 0 Å². The molecule has 0 unspecified atom stereocenters. The van der Waals surface area contributed by atoms with Gasteiger partial charge in [0, 0.05) is 24.7 Å². The molecule has 88 valence electrons. The molecule has 0 saturated heterocycles. The Morgan fingerprint density at radius 1 is 1.20 bits per heavy atom. The van der Waals surface area contributed by atoms with E-state index in [0.29, 0.717) is 5.88 Å². The van der Waals surface area contributed by atoms with Gasteiger partial charge in [-0.3, -0.25) is 0 Å². The lowest BCUT2D eigenvalue weighted by Crippen LogP contribution is -2.29. The van der Waals surface area contributed by atoms with Gasteiger partial charge in [-0.05, 0) is 39.7 Å². The Kier molecular flexibility index (Phi) is 7.49. The smallest absolute Gasteiger partial charge is 0.101 e. The molecule has 0 aromatic heterocycles. The van der Waals surface area contributed by atoms with E-state index in [1.165, 1.54) is 0 Å². The Morgan fingerprint density at radius 2 is 1.80 bits per heavy atom. The molecule has 0 saturated carbocycles. The van der Waals surface area contributed by atoms with Crippen molar-refractivity contribution >= 4 is 17.4 Å². The van der Waals surface area contributed by atoms with Crippen molar-refractivity contribution in [2.75, 3.05) is 19.0 Å². The summed E-state index contributed by atoms with van der Waals surface area (Å²) >= 11 is 5.76. The van der Waals surface area contributed by atoms with Gasteiger partial charge in [-0.1, -0.05) is 6.92 Å². The summed E-state index contributed by atoms with van der Waals surface area (Å²) in [4.78, 5) is 6.86. The van der Waals surface area contributed by atoms with Gasteiger partial charge in [0.2, 0.25) is 0 Å². The van der Waals surface area contributed by atoms with Crippen molar-refractivity contribution in [1.29, 1.82) is 0 Å². The third-order valence-corrected chi connectivity index (χ3v) is 2.88. The first kappa shape index (κ1) is 14.5. The number of hydrogen-bond acceptors (Lipinski definition) is 1. The Balaban J connectivity index is 4.65. The highest BCUT2D eigenvalue weighted by molar-refractivity contribution is 6.19. The van der Waals surface area contributed by atoms with Gasteiger partial charge in [0.15, 0.2) is 0 Å². The third kappa shape index (κ3) is 5.22. The molecular formula is C12H23ClN2. The number of nitrogens with zero attached hydrogens (tertiary/aromatic N) is 2. The summed E-state index contributed by atoms with van der Waals surface area (Å²) in [6, 6.07) is 0. The predicted molar refractivity (Wildman–Crippen MR) is 69.7 cm³/mol. The topological polar surface area (TPSA) is 15.6 Å². The first-order valence-electron chi connectivity index (χ1n) is 5.59. The Labute approximate surface area is 99.0 Å². The molecule has 15 heavy (non-hydrogen) atoms. The van der Waals surface area contributed by atoms with Crippen LogP contribution in [-0.4, -0.2) is 29.7 Å². The van der Waals surface area contributed by atoms with Crippen LogP contribution in [0.2, 0.25) is 0 Å². The molecule has 3 heteroatoms. The standard InChI is InChI=1S/C12H23ClN2/c1-6-8-15(7-2)12(5)14-11(4)10(3)9-13/h6-9H2,1-5H3.